The zero-order valence-electron chi connectivity index (χ0n) is 17.4. The number of aliphatic hydroxyl groups excluding tert-OH is 1. The molecular formula is C24H37FO2. The quantitative estimate of drug-likeness (QED) is 0.621. The van der Waals surface area contributed by atoms with Crippen LogP contribution in [0.4, 0.5) is 4.39 Å². The van der Waals surface area contributed by atoms with E-state index in [2.05, 4.69) is 26.8 Å². The summed E-state index contributed by atoms with van der Waals surface area (Å²) >= 11 is 0. The van der Waals surface area contributed by atoms with Crippen LogP contribution in [0.15, 0.2) is 23.0 Å². The molecule has 0 radical (unpaired) electrons. The van der Waals surface area contributed by atoms with Crippen molar-refractivity contribution in [3.05, 3.63) is 23.0 Å². The van der Waals surface area contributed by atoms with Crippen molar-refractivity contribution in [1.29, 1.82) is 0 Å². The van der Waals surface area contributed by atoms with Crippen LogP contribution >= 0.6 is 0 Å². The standard InChI is InChI=1S/C24H37FO2/c1-4-10-24(27)13-12-22(2)16(14-24)5-6-17-18-7-8-20(21(25)15-26)23(18,3)11-9-19(17)22/h5,17-19,26-27H,4,6-15H2,1-3H3/t17-,18-,19-,22-,23-,24-/m0/s1. The van der Waals surface area contributed by atoms with Gasteiger partial charge < -0.3 is 10.2 Å². The summed E-state index contributed by atoms with van der Waals surface area (Å²) in [6, 6.07) is 0. The monoisotopic (exact) mass is 376 g/mol. The van der Waals surface area contributed by atoms with Gasteiger partial charge in [-0.15, -0.1) is 0 Å². The predicted octanol–water partition coefficient (Wildman–Crippen LogP) is 5.70. The second-order valence-electron chi connectivity index (χ2n) is 10.4. The van der Waals surface area contributed by atoms with Crippen molar-refractivity contribution in [3.63, 3.8) is 0 Å². The summed E-state index contributed by atoms with van der Waals surface area (Å²) in [5.41, 5.74) is 2.07. The van der Waals surface area contributed by atoms with E-state index in [4.69, 9.17) is 0 Å². The molecular weight excluding hydrogens is 339 g/mol. The maximum absolute atomic E-state index is 14.4. The van der Waals surface area contributed by atoms with Crippen LogP contribution in [0.3, 0.4) is 0 Å². The maximum atomic E-state index is 14.4. The van der Waals surface area contributed by atoms with E-state index in [-0.39, 0.29) is 16.7 Å². The first-order valence-corrected chi connectivity index (χ1v) is 11.2. The zero-order valence-corrected chi connectivity index (χ0v) is 17.4. The van der Waals surface area contributed by atoms with Crippen molar-refractivity contribution in [3.8, 4) is 0 Å². The highest BCUT2D eigenvalue weighted by Crippen LogP contribution is 2.67. The van der Waals surface area contributed by atoms with Crippen molar-refractivity contribution in [1.82, 2.24) is 0 Å². The Morgan fingerprint density at radius 3 is 2.59 bits per heavy atom. The van der Waals surface area contributed by atoms with Crippen LogP contribution in [-0.2, 0) is 0 Å². The van der Waals surface area contributed by atoms with Gasteiger partial charge in [-0.2, -0.15) is 0 Å². The Balaban J connectivity index is 1.63. The average molecular weight is 377 g/mol. The molecule has 0 aliphatic heterocycles. The van der Waals surface area contributed by atoms with E-state index >= 15 is 0 Å². The lowest BCUT2D eigenvalue weighted by molar-refractivity contribution is -0.0608. The topological polar surface area (TPSA) is 40.5 Å². The van der Waals surface area contributed by atoms with Crippen LogP contribution in [0.5, 0.6) is 0 Å². The molecule has 152 valence electrons. The normalized spacial score (nSPS) is 48.4. The Hall–Kier alpha value is -0.670. The fourth-order valence-electron chi connectivity index (χ4n) is 7.74. The predicted molar refractivity (Wildman–Crippen MR) is 107 cm³/mol. The van der Waals surface area contributed by atoms with E-state index in [1.165, 1.54) is 5.57 Å². The van der Waals surface area contributed by atoms with Gasteiger partial charge in [0.25, 0.3) is 0 Å². The molecule has 6 atom stereocenters. The third-order valence-corrected chi connectivity index (χ3v) is 9.22. The molecule has 0 spiro atoms. The molecule has 0 unspecified atom stereocenters. The smallest absolute Gasteiger partial charge is 0.125 e. The van der Waals surface area contributed by atoms with Crippen molar-refractivity contribution in [2.24, 2.45) is 28.6 Å². The molecule has 0 heterocycles. The Morgan fingerprint density at radius 2 is 1.89 bits per heavy atom. The number of halogens is 1. The minimum atomic E-state index is -0.496. The second-order valence-corrected chi connectivity index (χ2v) is 10.4. The summed E-state index contributed by atoms with van der Waals surface area (Å²) in [7, 11) is 0. The summed E-state index contributed by atoms with van der Waals surface area (Å²) in [4.78, 5) is 0. The highest BCUT2D eigenvalue weighted by Gasteiger charge is 2.58. The van der Waals surface area contributed by atoms with Crippen LogP contribution < -0.4 is 0 Å². The molecule has 0 amide bonds. The Bertz CT molecular complexity index is 667. The molecule has 3 heteroatoms. The molecule has 4 aliphatic carbocycles. The fraction of sp³-hybridized carbons (Fsp3) is 0.833. The molecule has 3 fully saturated rings. The number of hydrogen-bond acceptors (Lipinski definition) is 2. The van der Waals surface area contributed by atoms with Gasteiger partial charge in [0.05, 0.1) is 12.2 Å². The third-order valence-electron chi connectivity index (χ3n) is 9.22. The minimum Gasteiger partial charge on any atom is -0.390 e. The number of rotatable bonds is 3. The first-order chi connectivity index (χ1) is 12.8. The Kier molecular flexibility index (Phi) is 4.87. The maximum Gasteiger partial charge on any atom is 0.125 e. The first kappa shape index (κ1) is 19.6. The van der Waals surface area contributed by atoms with Crippen LogP contribution in [-0.4, -0.2) is 22.4 Å². The number of aliphatic hydroxyl groups is 2. The highest BCUT2D eigenvalue weighted by atomic mass is 19.1. The van der Waals surface area contributed by atoms with Crippen LogP contribution in [0.1, 0.15) is 85.0 Å². The van der Waals surface area contributed by atoms with E-state index in [1.54, 1.807) is 0 Å². The molecule has 27 heavy (non-hydrogen) atoms. The van der Waals surface area contributed by atoms with Gasteiger partial charge in [0, 0.05) is 0 Å². The van der Waals surface area contributed by atoms with Crippen LogP contribution in [0.25, 0.3) is 0 Å². The van der Waals surface area contributed by atoms with Gasteiger partial charge in [0.15, 0.2) is 0 Å². The molecule has 0 aromatic carbocycles. The van der Waals surface area contributed by atoms with Gasteiger partial charge in [-0.1, -0.05) is 38.8 Å². The fourth-order valence-corrected chi connectivity index (χ4v) is 7.74. The molecule has 2 nitrogen and oxygen atoms in total. The molecule has 4 rings (SSSR count). The summed E-state index contributed by atoms with van der Waals surface area (Å²) in [5.74, 6) is 1.56. The highest BCUT2D eigenvalue weighted by molar-refractivity contribution is 5.31. The summed E-state index contributed by atoms with van der Waals surface area (Å²) in [6.45, 7) is 6.43. The molecule has 0 aromatic rings. The lowest BCUT2D eigenvalue weighted by Crippen LogP contribution is -2.51. The number of fused-ring (bicyclic) bond motifs is 5. The van der Waals surface area contributed by atoms with E-state index in [9.17, 15) is 14.6 Å². The molecule has 0 saturated heterocycles. The molecule has 4 aliphatic rings. The first-order valence-electron chi connectivity index (χ1n) is 11.2. The van der Waals surface area contributed by atoms with Crippen LogP contribution in [0, 0.1) is 28.6 Å². The van der Waals surface area contributed by atoms with Gasteiger partial charge in [-0.05, 0) is 91.9 Å². The Labute approximate surface area is 163 Å². The average Bonchev–Trinajstić information content (AvgIpc) is 2.99. The third kappa shape index (κ3) is 2.87. The van der Waals surface area contributed by atoms with Gasteiger partial charge >= 0.3 is 0 Å². The van der Waals surface area contributed by atoms with Gasteiger partial charge in [0.2, 0.25) is 0 Å². The molecule has 3 saturated carbocycles. The summed E-state index contributed by atoms with van der Waals surface area (Å²) < 4.78 is 14.4. The van der Waals surface area contributed by atoms with Crippen molar-refractivity contribution in [2.45, 2.75) is 90.6 Å². The van der Waals surface area contributed by atoms with E-state index in [0.29, 0.717) is 17.8 Å². The van der Waals surface area contributed by atoms with Gasteiger partial charge in [0.1, 0.15) is 5.83 Å². The largest absolute Gasteiger partial charge is 0.390 e. The van der Waals surface area contributed by atoms with Crippen molar-refractivity contribution >= 4 is 0 Å². The summed E-state index contributed by atoms with van der Waals surface area (Å²) in [5, 5.41) is 20.4. The molecule has 0 bridgehead atoms. The number of hydrogen-bond donors (Lipinski definition) is 2. The Morgan fingerprint density at radius 1 is 1.15 bits per heavy atom. The lowest BCUT2D eigenvalue weighted by Gasteiger charge is -2.58. The van der Waals surface area contributed by atoms with E-state index in [0.717, 1.165) is 69.8 Å². The second kappa shape index (κ2) is 6.69. The molecule has 0 aromatic heterocycles. The number of allylic oxidation sites excluding steroid dienone is 2. The van der Waals surface area contributed by atoms with Crippen molar-refractivity contribution < 1.29 is 14.6 Å². The van der Waals surface area contributed by atoms with Crippen molar-refractivity contribution in [2.75, 3.05) is 6.61 Å². The van der Waals surface area contributed by atoms with Crippen LogP contribution in [0.2, 0.25) is 0 Å². The van der Waals surface area contributed by atoms with Gasteiger partial charge in [-0.3, -0.25) is 0 Å². The molecule has 2 N–H and O–H groups in total. The summed E-state index contributed by atoms with van der Waals surface area (Å²) in [6.07, 6.45) is 12.4. The SMILES string of the molecule is CCC[C@]1(O)CC[C@@]2(C)C(=CC[C@@H]3[C@@H]2CC[C@]2(C)C(=C(F)CO)CC[C@@H]32)C1. The minimum absolute atomic E-state index is 0.0622. The zero-order chi connectivity index (χ0) is 19.4. The van der Waals surface area contributed by atoms with E-state index in [1.807, 2.05) is 0 Å². The lowest BCUT2D eigenvalue weighted by atomic mass is 9.47. The van der Waals surface area contributed by atoms with E-state index < -0.39 is 12.2 Å². The van der Waals surface area contributed by atoms with Gasteiger partial charge in [-0.25, -0.2) is 4.39 Å².